The van der Waals surface area contributed by atoms with E-state index >= 15 is 0 Å². The number of anilines is 2. The van der Waals surface area contributed by atoms with E-state index in [9.17, 15) is 0 Å². The van der Waals surface area contributed by atoms with Crippen molar-refractivity contribution < 1.29 is 4.52 Å². The lowest BCUT2D eigenvalue weighted by atomic mass is 10.3. The third-order valence-corrected chi connectivity index (χ3v) is 2.83. The van der Waals surface area contributed by atoms with E-state index in [4.69, 9.17) is 10.3 Å². The van der Waals surface area contributed by atoms with Crippen molar-refractivity contribution >= 4 is 11.5 Å². The van der Waals surface area contributed by atoms with Gasteiger partial charge in [-0.25, -0.2) is 4.68 Å². The van der Waals surface area contributed by atoms with Gasteiger partial charge in [-0.3, -0.25) is 0 Å². The van der Waals surface area contributed by atoms with Gasteiger partial charge in [0.15, 0.2) is 5.82 Å². The number of rotatable bonds is 5. The number of nitrogens with zero attached hydrogens (tertiary/aromatic N) is 4. The summed E-state index contributed by atoms with van der Waals surface area (Å²) in [4.78, 5) is 4.16. The summed E-state index contributed by atoms with van der Waals surface area (Å²) in [6.07, 6.45) is 0.680. The van der Waals surface area contributed by atoms with Gasteiger partial charge >= 0.3 is 0 Å². The molecule has 0 unspecified atom stereocenters. The Morgan fingerprint density at radius 2 is 2.11 bits per heavy atom. The van der Waals surface area contributed by atoms with E-state index < -0.39 is 0 Å². The number of nitrogens with two attached hydrogens (primary N) is 1. The lowest BCUT2D eigenvalue weighted by molar-refractivity contribution is 0.387. The number of nitrogen functional groups attached to an aromatic ring is 1. The van der Waals surface area contributed by atoms with Crippen LogP contribution in [0.25, 0.3) is 0 Å². The number of hydrogen-bond acceptors (Lipinski definition) is 6. The van der Waals surface area contributed by atoms with Crippen LogP contribution in [0.2, 0.25) is 0 Å². The fourth-order valence-corrected chi connectivity index (χ4v) is 1.85. The van der Waals surface area contributed by atoms with Gasteiger partial charge in [0, 0.05) is 25.9 Å². The molecule has 0 fully saturated rings. The lowest BCUT2D eigenvalue weighted by Gasteiger charge is -2.12. The van der Waals surface area contributed by atoms with E-state index in [0.717, 1.165) is 11.5 Å². The third kappa shape index (κ3) is 2.86. The van der Waals surface area contributed by atoms with Crippen LogP contribution in [0.15, 0.2) is 4.52 Å². The second-order valence-electron chi connectivity index (χ2n) is 4.79. The Morgan fingerprint density at radius 1 is 1.37 bits per heavy atom. The van der Waals surface area contributed by atoms with Gasteiger partial charge in [-0.1, -0.05) is 5.16 Å². The van der Waals surface area contributed by atoms with Crippen LogP contribution < -0.4 is 11.1 Å². The number of aryl methyl sites for hydroxylation is 2. The first kappa shape index (κ1) is 13.4. The number of hydrogen-bond donors (Lipinski definition) is 2. The maximum Gasteiger partial charge on any atom is 0.223 e. The molecule has 104 valence electrons. The quantitative estimate of drug-likeness (QED) is 0.853. The minimum absolute atomic E-state index is 0.255. The fraction of sp³-hybridized carbons (Fsp3) is 0.583. The van der Waals surface area contributed by atoms with Crippen LogP contribution in [0.1, 0.15) is 37.3 Å². The van der Waals surface area contributed by atoms with Crippen molar-refractivity contribution in [1.29, 1.82) is 0 Å². The van der Waals surface area contributed by atoms with E-state index in [-0.39, 0.29) is 6.04 Å². The predicted molar refractivity (Wildman–Crippen MR) is 73.0 cm³/mol. The van der Waals surface area contributed by atoms with Gasteiger partial charge in [0.2, 0.25) is 5.89 Å². The SMILES string of the molecule is Cc1nc(CCNc2c(N)c(C)nn2C(C)C)no1. The highest BCUT2D eigenvalue weighted by Crippen LogP contribution is 2.25. The molecular weight excluding hydrogens is 244 g/mol. The molecule has 7 nitrogen and oxygen atoms in total. The van der Waals surface area contributed by atoms with Gasteiger partial charge in [-0.05, 0) is 20.8 Å². The Kier molecular flexibility index (Phi) is 3.73. The summed E-state index contributed by atoms with van der Waals surface area (Å²) in [6.45, 7) is 8.50. The van der Waals surface area contributed by atoms with Gasteiger partial charge in [0.1, 0.15) is 5.82 Å². The number of nitrogens with one attached hydrogen (secondary N) is 1. The normalized spacial score (nSPS) is 11.2. The Morgan fingerprint density at radius 3 is 2.68 bits per heavy atom. The van der Waals surface area contributed by atoms with Gasteiger partial charge in [-0.15, -0.1) is 0 Å². The number of aromatic nitrogens is 4. The van der Waals surface area contributed by atoms with Crippen molar-refractivity contribution in [2.45, 2.75) is 40.2 Å². The maximum absolute atomic E-state index is 6.03. The highest BCUT2D eigenvalue weighted by atomic mass is 16.5. The van der Waals surface area contributed by atoms with Crippen LogP contribution in [0.3, 0.4) is 0 Å². The first-order chi connectivity index (χ1) is 8.99. The molecule has 0 saturated heterocycles. The standard InChI is InChI=1S/C12H20N6O/c1-7(2)18-12(11(13)8(3)16-18)14-6-5-10-15-9(4)19-17-10/h7,14H,5-6,13H2,1-4H3. The zero-order chi connectivity index (χ0) is 14.0. The van der Waals surface area contributed by atoms with Gasteiger partial charge in [0.25, 0.3) is 0 Å². The lowest BCUT2D eigenvalue weighted by Crippen LogP contribution is -2.13. The van der Waals surface area contributed by atoms with E-state index in [2.05, 4.69) is 34.4 Å². The Hall–Kier alpha value is -2.05. The van der Waals surface area contributed by atoms with Crippen molar-refractivity contribution in [2.75, 3.05) is 17.6 Å². The van der Waals surface area contributed by atoms with Gasteiger partial charge in [0.05, 0.1) is 11.4 Å². The van der Waals surface area contributed by atoms with E-state index in [1.807, 2.05) is 11.6 Å². The highest BCUT2D eigenvalue weighted by molar-refractivity contribution is 5.64. The molecule has 0 saturated carbocycles. The summed E-state index contributed by atoms with van der Waals surface area (Å²) >= 11 is 0. The molecule has 0 aliphatic rings. The van der Waals surface area contributed by atoms with Crippen LogP contribution in [-0.2, 0) is 6.42 Å². The van der Waals surface area contributed by atoms with E-state index in [1.165, 1.54) is 0 Å². The molecule has 0 atom stereocenters. The highest BCUT2D eigenvalue weighted by Gasteiger charge is 2.14. The Bertz CT molecular complexity index is 557. The molecule has 2 aromatic rings. The molecule has 2 rings (SSSR count). The third-order valence-electron chi connectivity index (χ3n) is 2.83. The summed E-state index contributed by atoms with van der Waals surface area (Å²) in [6, 6.07) is 0.255. The molecule has 2 heterocycles. The Labute approximate surface area is 112 Å². The van der Waals surface area contributed by atoms with Crippen LogP contribution >= 0.6 is 0 Å². The largest absolute Gasteiger partial charge is 0.394 e. The molecule has 0 radical (unpaired) electrons. The average Bonchev–Trinajstić information content (AvgIpc) is 2.87. The molecule has 7 heteroatoms. The van der Waals surface area contributed by atoms with Crippen molar-refractivity contribution in [3.63, 3.8) is 0 Å². The molecule has 0 aromatic carbocycles. The molecule has 0 bridgehead atoms. The second-order valence-corrected chi connectivity index (χ2v) is 4.79. The Balaban J connectivity index is 2.03. The minimum Gasteiger partial charge on any atom is -0.394 e. The first-order valence-corrected chi connectivity index (χ1v) is 6.36. The van der Waals surface area contributed by atoms with Crippen LogP contribution in [-0.4, -0.2) is 26.5 Å². The molecule has 0 spiro atoms. The average molecular weight is 264 g/mol. The van der Waals surface area contributed by atoms with E-state index in [0.29, 0.717) is 30.4 Å². The van der Waals surface area contributed by atoms with E-state index in [1.54, 1.807) is 6.92 Å². The first-order valence-electron chi connectivity index (χ1n) is 6.36. The topological polar surface area (TPSA) is 94.8 Å². The summed E-state index contributed by atoms with van der Waals surface area (Å²) in [5.41, 5.74) is 7.56. The van der Waals surface area contributed by atoms with Crippen molar-refractivity contribution in [3.05, 3.63) is 17.4 Å². The summed E-state index contributed by atoms with van der Waals surface area (Å²) in [5.74, 6) is 2.13. The van der Waals surface area contributed by atoms with Gasteiger partial charge < -0.3 is 15.6 Å². The minimum atomic E-state index is 0.255. The second kappa shape index (κ2) is 5.29. The summed E-state index contributed by atoms with van der Waals surface area (Å²) < 4.78 is 6.82. The van der Waals surface area contributed by atoms with Crippen molar-refractivity contribution in [3.8, 4) is 0 Å². The smallest absolute Gasteiger partial charge is 0.223 e. The zero-order valence-corrected chi connectivity index (χ0v) is 11.8. The van der Waals surface area contributed by atoms with Gasteiger partial charge in [-0.2, -0.15) is 10.1 Å². The molecule has 0 aliphatic carbocycles. The molecule has 0 amide bonds. The van der Waals surface area contributed by atoms with Crippen molar-refractivity contribution in [2.24, 2.45) is 0 Å². The summed E-state index contributed by atoms with van der Waals surface area (Å²) in [7, 11) is 0. The fourth-order valence-electron chi connectivity index (χ4n) is 1.85. The maximum atomic E-state index is 6.03. The monoisotopic (exact) mass is 264 g/mol. The molecular formula is C12H20N6O. The molecule has 3 N–H and O–H groups in total. The van der Waals surface area contributed by atoms with Crippen LogP contribution in [0.5, 0.6) is 0 Å². The van der Waals surface area contributed by atoms with Crippen LogP contribution in [0.4, 0.5) is 11.5 Å². The summed E-state index contributed by atoms with van der Waals surface area (Å²) in [5, 5.41) is 11.6. The molecule has 0 aliphatic heterocycles. The molecule has 19 heavy (non-hydrogen) atoms. The van der Waals surface area contributed by atoms with Crippen molar-refractivity contribution in [1.82, 2.24) is 19.9 Å². The molecule has 2 aromatic heterocycles. The van der Waals surface area contributed by atoms with Crippen LogP contribution in [0, 0.1) is 13.8 Å². The zero-order valence-electron chi connectivity index (χ0n) is 11.8. The predicted octanol–water partition coefficient (Wildman–Crippen LogP) is 1.70.